The van der Waals surface area contributed by atoms with Crippen LogP contribution in [-0.4, -0.2) is 217 Å². The van der Waals surface area contributed by atoms with Crippen molar-refractivity contribution in [2.45, 2.75) is 139 Å². The standard InChI is InChI=1S/C61H80N8O18/c1-5-6-7-25-86-43-22-18-38(19-23-43)36-10-8-35(9-11-36)37-12-14-40(15-13-37)54(78)65-48-53(77)59(87-28-27-85-26-24-62)67-58(82)49-50(74)32(2)30-69(49)61(84)46(34(4)71)64-56(80)47(52(76)51(75)39-16-20-41(72)21-17-39)66-55(79)44-29-42(73)31-68(44)60(83)45(33(3)70)63-57(48)81/h8-23,32-34,42,44-53,59,70-77H,5-7,24-31,62H2,1-4H3,(H,63,81)(H,64,80)(H,65,78)(H,66,79)(H,67,82)/t32-,33+,34+,42+,44?,45?,46?,47?,48-,49?,50-,51-,52-,53+,59?/m0/s1. The first-order valence-electron chi connectivity index (χ1n) is 29.0. The second-order valence-corrected chi connectivity index (χ2v) is 22.1. The molecule has 3 aliphatic heterocycles. The molecule has 0 aliphatic carbocycles. The Bertz CT molecular complexity index is 2970. The van der Waals surface area contributed by atoms with Crippen LogP contribution in [0.5, 0.6) is 11.5 Å². The van der Waals surface area contributed by atoms with Crippen molar-refractivity contribution in [1.82, 2.24) is 36.4 Å². The van der Waals surface area contributed by atoms with E-state index in [9.17, 15) is 74.4 Å². The Balaban J connectivity index is 1.24. The van der Waals surface area contributed by atoms with Crippen LogP contribution in [0.1, 0.15) is 75.4 Å². The Morgan fingerprint density at radius 3 is 1.77 bits per heavy atom. The van der Waals surface area contributed by atoms with Gasteiger partial charge in [0, 0.05) is 37.5 Å². The normalized spacial score (nSPS) is 26.5. The third-order valence-corrected chi connectivity index (χ3v) is 15.6. The number of nitrogens with one attached hydrogen (secondary N) is 5. The molecular weight excluding hydrogens is 1130 g/mol. The molecule has 7 rings (SSSR count). The van der Waals surface area contributed by atoms with Crippen LogP contribution in [0.4, 0.5) is 0 Å². The number of rotatable bonds is 20. The van der Waals surface area contributed by atoms with Gasteiger partial charge in [0.05, 0.1) is 50.8 Å². The predicted molar refractivity (Wildman–Crippen MR) is 312 cm³/mol. The summed E-state index contributed by atoms with van der Waals surface area (Å²) in [6.45, 7) is 4.94. The molecule has 0 saturated carbocycles. The number of benzene rings is 4. The summed E-state index contributed by atoms with van der Waals surface area (Å²) in [5.74, 6) is -8.93. The second-order valence-electron chi connectivity index (χ2n) is 22.1. The molecule has 0 radical (unpaired) electrons. The molecule has 3 aliphatic rings. The monoisotopic (exact) mass is 1210 g/mol. The van der Waals surface area contributed by atoms with Gasteiger partial charge in [0.15, 0.2) is 6.23 Å². The number of hydrogen-bond donors (Lipinski definition) is 14. The van der Waals surface area contributed by atoms with Crippen molar-refractivity contribution in [3.63, 3.8) is 0 Å². The van der Waals surface area contributed by atoms with Gasteiger partial charge < -0.3 is 97.2 Å². The highest BCUT2D eigenvalue weighted by Crippen LogP contribution is 2.30. The number of aromatic hydroxyl groups is 1. The van der Waals surface area contributed by atoms with E-state index in [1.54, 1.807) is 12.1 Å². The van der Waals surface area contributed by atoms with Crippen LogP contribution in [0.3, 0.4) is 0 Å². The number of phenolic OH excluding ortho intramolecular Hbond substituents is 1. The smallest absolute Gasteiger partial charge is 0.252 e. The van der Waals surface area contributed by atoms with Gasteiger partial charge in [-0.15, -0.1) is 0 Å². The molecular formula is C61H80N8O18. The summed E-state index contributed by atoms with van der Waals surface area (Å²) in [6, 6.07) is 14.2. The van der Waals surface area contributed by atoms with Gasteiger partial charge in [0.2, 0.25) is 35.4 Å². The SMILES string of the molecule is CCCCCOc1ccc(-c2ccc(-c3ccc(C(=O)N[C@@H]4C(=O)NC([C@@H](C)O)C(=O)N5C[C@H](O)CC5C(=O)NC([C@H](O)[C@@H](O)c5ccc(O)cc5)C(=O)NC([C@@H](C)O)C(=O)N5C[C@H](C)[C@H](O)C5C(=O)NC(OCCOCCN)[C@@H]4O)cc3)cc2)cc1. The number of carbonyl (C=O) groups is 7. The minimum atomic E-state index is -2.34. The van der Waals surface area contributed by atoms with E-state index in [1.807, 2.05) is 48.5 Å². The number of hydrogen-bond acceptors (Lipinski definition) is 19. The maximum absolute atomic E-state index is 14.9. The highest BCUT2D eigenvalue weighted by molar-refractivity contribution is 6.00. The lowest BCUT2D eigenvalue weighted by Crippen LogP contribution is -2.66. The maximum Gasteiger partial charge on any atom is 0.252 e. The van der Waals surface area contributed by atoms with Crippen molar-refractivity contribution < 1.29 is 88.6 Å². The van der Waals surface area contributed by atoms with Crippen molar-refractivity contribution in [3.8, 4) is 33.8 Å². The van der Waals surface area contributed by atoms with E-state index in [4.69, 9.17) is 19.9 Å². The third-order valence-electron chi connectivity index (χ3n) is 15.6. The Kier molecular flexibility index (Phi) is 23.7. The summed E-state index contributed by atoms with van der Waals surface area (Å²) >= 11 is 0. The van der Waals surface area contributed by atoms with E-state index in [0.29, 0.717) is 12.2 Å². The van der Waals surface area contributed by atoms with E-state index < -0.39 is 152 Å². The fourth-order valence-electron chi connectivity index (χ4n) is 10.6. The van der Waals surface area contributed by atoms with Gasteiger partial charge in [-0.25, -0.2) is 0 Å². The second kappa shape index (κ2) is 30.8. The number of aliphatic hydroxyl groups excluding tert-OH is 7. The Morgan fingerprint density at radius 1 is 0.644 bits per heavy atom. The number of amides is 7. The number of phenols is 1. The lowest BCUT2D eigenvalue weighted by molar-refractivity contribution is -0.152. The fraction of sp³-hybridized carbons (Fsp3) is 0.492. The van der Waals surface area contributed by atoms with Gasteiger partial charge in [0.25, 0.3) is 5.91 Å². The summed E-state index contributed by atoms with van der Waals surface area (Å²) in [7, 11) is 0. The van der Waals surface area contributed by atoms with Gasteiger partial charge in [-0.3, -0.25) is 33.6 Å². The van der Waals surface area contributed by atoms with Crippen molar-refractivity contribution in [2.75, 3.05) is 46.1 Å². The summed E-state index contributed by atoms with van der Waals surface area (Å²) in [6.07, 6.45) is -12.8. The van der Waals surface area contributed by atoms with Crippen LogP contribution in [0.25, 0.3) is 22.3 Å². The third kappa shape index (κ3) is 16.7. The molecule has 26 nitrogen and oxygen atoms in total. The molecule has 3 fully saturated rings. The van der Waals surface area contributed by atoms with Gasteiger partial charge in [0.1, 0.15) is 66.1 Å². The molecule has 472 valence electrons. The fourth-order valence-corrected chi connectivity index (χ4v) is 10.6. The molecule has 15 N–H and O–H groups in total. The molecule has 7 amide bonds. The largest absolute Gasteiger partial charge is 0.508 e. The maximum atomic E-state index is 14.9. The highest BCUT2D eigenvalue weighted by Gasteiger charge is 2.51. The van der Waals surface area contributed by atoms with Crippen LogP contribution in [0, 0.1) is 5.92 Å². The van der Waals surface area contributed by atoms with Gasteiger partial charge in [-0.2, -0.15) is 0 Å². The number of carbonyl (C=O) groups excluding carboxylic acids is 7. The first kappa shape index (κ1) is 66.9. The Morgan fingerprint density at radius 2 is 1.20 bits per heavy atom. The molecule has 3 saturated heterocycles. The molecule has 4 aromatic rings. The number of aliphatic hydroxyl groups is 7. The van der Waals surface area contributed by atoms with E-state index in [-0.39, 0.29) is 43.2 Å². The van der Waals surface area contributed by atoms with E-state index in [1.165, 1.54) is 31.2 Å². The molecule has 3 heterocycles. The van der Waals surface area contributed by atoms with Crippen molar-refractivity contribution >= 4 is 41.4 Å². The van der Waals surface area contributed by atoms with E-state index >= 15 is 0 Å². The average Bonchev–Trinajstić information content (AvgIpc) is 2.27. The molecule has 26 heteroatoms. The summed E-state index contributed by atoms with van der Waals surface area (Å²) in [5.41, 5.74) is 8.85. The molecule has 0 spiro atoms. The number of fused-ring (bicyclic) bond motifs is 2. The summed E-state index contributed by atoms with van der Waals surface area (Å²) < 4.78 is 17.2. The molecule has 0 bridgehead atoms. The summed E-state index contributed by atoms with van der Waals surface area (Å²) in [5, 5.41) is 102. The van der Waals surface area contributed by atoms with Gasteiger partial charge in [-0.1, -0.05) is 87.4 Å². The predicted octanol–water partition coefficient (Wildman–Crippen LogP) is -1.32. The first-order valence-corrected chi connectivity index (χ1v) is 29.0. The van der Waals surface area contributed by atoms with Crippen molar-refractivity contribution in [1.29, 1.82) is 0 Å². The number of ether oxygens (including phenoxy) is 3. The van der Waals surface area contributed by atoms with E-state index in [2.05, 4.69) is 33.5 Å². The van der Waals surface area contributed by atoms with Crippen LogP contribution >= 0.6 is 0 Å². The van der Waals surface area contributed by atoms with Crippen LogP contribution < -0.4 is 37.1 Å². The zero-order chi connectivity index (χ0) is 63.2. The quantitative estimate of drug-likeness (QED) is 0.0457. The molecule has 15 atom stereocenters. The van der Waals surface area contributed by atoms with Crippen molar-refractivity contribution in [2.24, 2.45) is 11.7 Å². The number of unbranched alkanes of at least 4 members (excludes halogenated alkanes) is 2. The first-order chi connectivity index (χ1) is 41.5. The lowest BCUT2D eigenvalue weighted by atomic mass is 9.96. The Labute approximate surface area is 503 Å². The van der Waals surface area contributed by atoms with Crippen LogP contribution in [-0.2, 0) is 38.2 Å². The molecule has 0 aromatic heterocycles. The molecule has 6 unspecified atom stereocenters. The summed E-state index contributed by atoms with van der Waals surface area (Å²) in [4.78, 5) is 104. The number of nitrogens with zero attached hydrogens (tertiary/aromatic N) is 2. The molecule has 87 heavy (non-hydrogen) atoms. The highest BCUT2D eigenvalue weighted by atomic mass is 16.5. The van der Waals surface area contributed by atoms with Crippen LogP contribution in [0.2, 0.25) is 0 Å². The zero-order valence-electron chi connectivity index (χ0n) is 48.8. The average molecular weight is 1210 g/mol. The van der Waals surface area contributed by atoms with Gasteiger partial charge in [-0.05, 0) is 84.5 Å². The van der Waals surface area contributed by atoms with E-state index in [0.717, 1.165) is 77.5 Å². The van der Waals surface area contributed by atoms with Crippen LogP contribution in [0.15, 0.2) is 97.1 Å². The van der Waals surface area contributed by atoms with Gasteiger partial charge >= 0.3 is 0 Å². The lowest BCUT2D eigenvalue weighted by Gasteiger charge is -2.36. The minimum absolute atomic E-state index is 0.0467. The number of nitrogens with two attached hydrogens (primary N) is 1. The Hall–Kier alpha value is -7.63. The minimum Gasteiger partial charge on any atom is -0.508 e. The zero-order valence-corrected chi connectivity index (χ0v) is 48.8. The van der Waals surface area contributed by atoms with Crippen molar-refractivity contribution in [3.05, 3.63) is 108 Å². The topological polar surface area (TPSA) is 402 Å². The molecule has 4 aromatic carbocycles.